The summed E-state index contributed by atoms with van der Waals surface area (Å²) >= 11 is 0. The van der Waals surface area contributed by atoms with Crippen molar-refractivity contribution in [3.05, 3.63) is 107 Å². The lowest BCUT2D eigenvalue weighted by atomic mass is 9.83. The van der Waals surface area contributed by atoms with Gasteiger partial charge in [-0.05, 0) is 81.4 Å². The number of benzene rings is 3. The van der Waals surface area contributed by atoms with Crippen LogP contribution in [0.3, 0.4) is 0 Å². The SMILES string of the molecule is O=C(NCCN1CCCCC1)c1c(C(c2ccccc2)c2ccccc2)c2ccccc2n1CCCC1CCNC1. The van der Waals surface area contributed by atoms with Crippen molar-refractivity contribution in [2.24, 2.45) is 5.92 Å². The quantitative estimate of drug-likeness (QED) is 0.227. The highest BCUT2D eigenvalue weighted by Crippen LogP contribution is 2.40. The van der Waals surface area contributed by atoms with Gasteiger partial charge in [0.25, 0.3) is 5.91 Å². The molecule has 1 aromatic heterocycles. The molecule has 1 atom stereocenters. The van der Waals surface area contributed by atoms with Gasteiger partial charge in [-0.15, -0.1) is 0 Å². The molecule has 4 aromatic rings. The van der Waals surface area contributed by atoms with E-state index < -0.39 is 0 Å². The van der Waals surface area contributed by atoms with E-state index in [-0.39, 0.29) is 11.8 Å². The molecule has 3 heterocycles. The maximum absolute atomic E-state index is 14.3. The minimum absolute atomic E-state index is 0.0366. The number of hydrogen-bond donors (Lipinski definition) is 2. The predicted molar refractivity (Wildman–Crippen MR) is 169 cm³/mol. The van der Waals surface area contributed by atoms with Crippen molar-refractivity contribution in [3.63, 3.8) is 0 Å². The number of hydrogen-bond acceptors (Lipinski definition) is 3. The lowest BCUT2D eigenvalue weighted by Gasteiger charge is -2.26. The van der Waals surface area contributed by atoms with Crippen LogP contribution >= 0.6 is 0 Å². The summed E-state index contributed by atoms with van der Waals surface area (Å²) in [6.07, 6.45) is 7.36. The first-order valence-corrected chi connectivity index (χ1v) is 15.7. The fourth-order valence-corrected chi connectivity index (χ4v) is 7.01. The second-order valence-corrected chi connectivity index (χ2v) is 11.8. The van der Waals surface area contributed by atoms with Crippen LogP contribution in [0.25, 0.3) is 10.9 Å². The summed E-state index contributed by atoms with van der Waals surface area (Å²) in [6.45, 7) is 6.96. The van der Waals surface area contributed by atoms with E-state index in [0.717, 1.165) is 68.4 Å². The average molecular weight is 549 g/mol. The number of rotatable bonds is 11. The van der Waals surface area contributed by atoms with Gasteiger partial charge in [0, 0.05) is 42.0 Å². The molecule has 6 rings (SSSR count). The smallest absolute Gasteiger partial charge is 0.268 e. The molecular formula is C36H44N4O. The van der Waals surface area contributed by atoms with Gasteiger partial charge >= 0.3 is 0 Å². The van der Waals surface area contributed by atoms with E-state index in [4.69, 9.17) is 0 Å². The van der Waals surface area contributed by atoms with Gasteiger partial charge in [-0.25, -0.2) is 0 Å². The molecule has 5 nitrogen and oxygen atoms in total. The number of aryl methyl sites for hydroxylation is 1. The van der Waals surface area contributed by atoms with Crippen molar-refractivity contribution in [3.8, 4) is 0 Å². The molecule has 2 fully saturated rings. The topological polar surface area (TPSA) is 49.3 Å². The zero-order valence-electron chi connectivity index (χ0n) is 24.2. The molecule has 1 amide bonds. The maximum Gasteiger partial charge on any atom is 0.268 e. The summed E-state index contributed by atoms with van der Waals surface area (Å²) in [7, 11) is 0. The van der Waals surface area contributed by atoms with Crippen molar-refractivity contribution in [2.45, 2.75) is 51.0 Å². The normalized spacial score (nSPS) is 17.8. The third kappa shape index (κ3) is 6.42. The molecule has 0 aliphatic carbocycles. The zero-order chi connectivity index (χ0) is 27.9. The Labute approximate surface area is 244 Å². The van der Waals surface area contributed by atoms with E-state index >= 15 is 0 Å². The molecule has 0 bridgehead atoms. The number of aromatic nitrogens is 1. The van der Waals surface area contributed by atoms with Gasteiger partial charge in [0.1, 0.15) is 5.69 Å². The Morgan fingerprint density at radius 2 is 1.54 bits per heavy atom. The van der Waals surface area contributed by atoms with Gasteiger partial charge in [0.2, 0.25) is 0 Å². The largest absolute Gasteiger partial charge is 0.349 e. The van der Waals surface area contributed by atoms with E-state index in [9.17, 15) is 4.79 Å². The van der Waals surface area contributed by atoms with Crippen molar-refractivity contribution < 1.29 is 4.79 Å². The molecule has 0 spiro atoms. The number of likely N-dealkylation sites (tertiary alicyclic amines) is 1. The van der Waals surface area contributed by atoms with Crippen molar-refractivity contribution in [2.75, 3.05) is 39.3 Å². The fraction of sp³-hybridized carbons (Fsp3) is 0.417. The lowest BCUT2D eigenvalue weighted by Crippen LogP contribution is -2.38. The minimum atomic E-state index is -0.0366. The second-order valence-electron chi connectivity index (χ2n) is 11.8. The number of fused-ring (bicyclic) bond motifs is 1. The first-order valence-electron chi connectivity index (χ1n) is 15.7. The lowest BCUT2D eigenvalue weighted by molar-refractivity contribution is 0.0936. The van der Waals surface area contributed by atoms with Crippen LogP contribution in [0, 0.1) is 5.92 Å². The number of carbonyl (C=O) groups is 1. The molecule has 2 aliphatic rings. The Balaban J connectivity index is 1.41. The molecule has 41 heavy (non-hydrogen) atoms. The van der Waals surface area contributed by atoms with Gasteiger partial charge < -0.3 is 20.1 Å². The average Bonchev–Trinajstić information content (AvgIpc) is 3.66. The monoisotopic (exact) mass is 548 g/mol. The van der Waals surface area contributed by atoms with Gasteiger partial charge in [-0.2, -0.15) is 0 Å². The van der Waals surface area contributed by atoms with Crippen LogP contribution in [0.5, 0.6) is 0 Å². The Morgan fingerprint density at radius 3 is 2.22 bits per heavy atom. The Bertz CT molecular complexity index is 1360. The summed E-state index contributed by atoms with van der Waals surface area (Å²) in [6, 6.07) is 30.0. The van der Waals surface area contributed by atoms with Crippen LogP contribution < -0.4 is 10.6 Å². The number of carbonyl (C=O) groups excluding carboxylic acids is 1. The Hall–Kier alpha value is -3.41. The number of amides is 1. The number of nitrogens with zero attached hydrogens (tertiary/aromatic N) is 2. The number of nitrogens with one attached hydrogen (secondary N) is 2. The highest BCUT2D eigenvalue weighted by Gasteiger charge is 2.30. The van der Waals surface area contributed by atoms with Crippen LogP contribution in [0.1, 0.15) is 71.6 Å². The summed E-state index contributed by atoms with van der Waals surface area (Å²) in [5.41, 5.74) is 5.52. The Morgan fingerprint density at radius 1 is 0.854 bits per heavy atom. The first kappa shape index (κ1) is 27.7. The molecule has 3 aromatic carbocycles. The molecule has 1 unspecified atom stereocenters. The van der Waals surface area contributed by atoms with Crippen molar-refractivity contribution >= 4 is 16.8 Å². The van der Waals surface area contributed by atoms with E-state index in [1.165, 1.54) is 48.6 Å². The van der Waals surface area contributed by atoms with Gasteiger partial charge in [-0.1, -0.05) is 85.3 Å². The highest BCUT2D eigenvalue weighted by molar-refractivity contribution is 6.02. The standard InChI is InChI=1S/C36H44N4O/c41-36(38-22-26-39-23-10-3-11-24-39)35-34(33(29-14-4-1-5-15-29)30-16-6-2-7-17-30)31-18-8-9-19-32(31)40(35)25-12-13-28-20-21-37-27-28/h1-2,4-9,14-19,28,33,37H,3,10-13,20-27H2,(H,38,41). The summed E-state index contributed by atoms with van der Waals surface area (Å²) in [5, 5.41) is 8.05. The summed E-state index contributed by atoms with van der Waals surface area (Å²) in [4.78, 5) is 16.8. The molecular weight excluding hydrogens is 504 g/mol. The zero-order valence-corrected chi connectivity index (χ0v) is 24.2. The Kier molecular flexibility index (Phi) is 9.14. The van der Waals surface area contributed by atoms with Crippen molar-refractivity contribution in [1.29, 1.82) is 0 Å². The third-order valence-electron chi connectivity index (χ3n) is 9.10. The van der Waals surface area contributed by atoms with Gasteiger partial charge in [0.15, 0.2) is 0 Å². The molecule has 2 aliphatic heterocycles. The van der Waals surface area contributed by atoms with Crippen LogP contribution in [0.4, 0.5) is 0 Å². The molecule has 2 saturated heterocycles. The first-order chi connectivity index (χ1) is 20.3. The van der Waals surface area contributed by atoms with Crippen LogP contribution in [0.15, 0.2) is 84.9 Å². The van der Waals surface area contributed by atoms with Crippen molar-refractivity contribution in [1.82, 2.24) is 20.1 Å². The predicted octanol–water partition coefficient (Wildman–Crippen LogP) is 6.43. The van der Waals surface area contributed by atoms with Gasteiger partial charge in [0.05, 0.1) is 0 Å². The molecule has 214 valence electrons. The molecule has 0 saturated carbocycles. The van der Waals surface area contributed by atoms with Crippen LogP contribution in [-0.4, -0.2) is 54.6 Å². The van der Waals surface area contributed by atoms with Crippen LogP contribution in [-0.2, 0) is 6.54 Å². The summed E-state index contributed by atoms with van der Waals surface area (Å²) in [5.74, 6) is 0.748. The molecule has 2 N–H and O–H groups in total. The number of piperidine rings is 1. The maximum atomic E-state index is 14.3. The van der Waals surface area contributed by atoms with E-state index in [0.29, 0.717) is 6.54 Å². The van der Waals surface area contributed by atoms with Gasteiger partial charge in [-0.3, -0.25) is 4.79 Å². The fourth-order valence-electron chi connectivity index (χ4n) is 7.01. The van der Waals surface area contributed by atoms with E-state index in [2.05, 4.69) is 105 Å². The van der Waals surface area contributed by atoms with E-state index in [1.807, 2.05) is 0 Å². The third-order valence-corrected chi connectivity index (χ3v) is 9.10. The number of para-hydroxylation sites is 1. The van der Waals surface area contributed by atoms with E-state index in [1.54, 1.807) is 0 Å². The van der Waals surface area contributed by atoms with Crippen LogP contribution in [0.2, 0.25) is 0 Å². The molecule has 5 heteroatoms. The summed E-state index contributed by atoms with van der Waals surface area (Å²) < 4.78 is 2.34. The molecule has 0 radical (unpaired) electrons. The second kappa shape index (κ2) is 13.5. The minimum Gasteiger partial charge on any atom is -0.349 e. The highest BCUT2D eigenvalue weighted by atomic mass is 16.2.